The third kappa shape index (κ3) is 7.56. The molecule has 6 aromatic rings. The van der Waals surface area contributed by atoms with Gasteiger partial charge in [-0.15, -0.1) is 0 Å². The van der Waals surface area contributed by atoms with Gasteiger partial charge in [-0.2, -0.15) is 0 Å². The van der Waals surface area contributed by atoms with Gasteiger partial charge >= 0.3 is 5.97 Å². The second kappa shape index (κ2) is 14.0. The first-order valence-corrected chi connectivity index (χ1v) is 20.9. The fraction of sp³-hybridized carbons (Fsp3) is 0.389. The third-order valence-corrected chi connectivity index (χ3v) is 12.2. The Labute approximate surface area is 342 Å². The maximum absolute atomic E-state index is 14.5. The van der Waals surface area contributed by atoms with E-state index in [-0.39, 0.29) is 34.2 Å². The highest BCUT2D eigenvalue weighted by Gasteiger charge is 2.42. The minimum Gasteiger partial charge on any atom is -0.465 e. The fourth-order valence-electron chi connectivity index (χ4n) is 8.65. The van der Waals surface area contributed by atoms with Crippen LogP contribution in [0.2, 0.25) is 0 Å². The lowest BCUT2D eigenvalue weighted by Crippen LogP contribution is -2.52. The number of benzene rings is 6. The Hall–Kier alpha value is -4.73. The van der Waals surface area contributed by atoms with E-state index in [0.717, 1.165) is 66.1 Å². The van der Waals surface area contributed by atoms with Crippen LogP contribution in [0.4, 0.5) is 0 Å². The molecule has 296 valence electrons. The predicted molar refractivity (Wildman–Crippen MR) is 244 cm³/mol. The maximum Gasteiger partial charge on any atom is 0.326 e. The summed E-state index contributed by atoms with van der Waals surface area (Å²) in [5.74, 6) is -0.361. The molecular formula is C54H63NO2. The number of nitrogens with two attached hydrogens (primary N) is 1. The van der Waals surface area contributed by atoms with E-state index in [9.17, 15) is 4.79 Å². The Balaban J connectivity index is 1.70. The quantitative estimate of drug-likeness (QED) is 0.182. The lowest BCUT2D eigenvalue weighted by Gasteiger charge is -2.29. The molecule has 0 saturated carbocycles. The lowest BCUT2D eigenvalue weighted by atomic mass is 9.76. The second-order valence-electron chi connectivity index (χ2n) is 20.8. The highest BCUT2D eigenvalue weighted by molar-refractivity contribution is 6.13. The van der Waals surface area contributed by atoms with Gasteiger partial charge in [-0.1, -0.05) is 168 Å². The van der Waals surface area contributed by atoms with Crippen molar-refractivity contribution in [2.45, 2.75) is 130 Å². The van der Waals surface area contributed by atoms with Crippen molar-refractivity contribution in [3.05, 3.63) is 130 Å². The van der Waals surface area contributed by atoms with Gasteiger partial charge in [0.25, 0.3) is 0 Å². The minimum absolute atomic E-state index is 0.0719. The van der Waals surface area contributed by atoms with Crippen LogP contribution in [0.1, 0.15) is 123 Å². The molecule has 1 aliphatic carbocycles. The van der Waals surface area contributed by atoms with Crippen LogP contribution < -0.4 is 5.73 Å². The number of esters is 1. The smallest absolute Gasteiger partial charge is 0.326 e. The molecule has 1 aliphatic rings. The summed E-state index contributed by atoms with van der Waals surface area (Å²) in [5, 5.41) is 4.65. The van der Waals surface area contributed by atoms with Crippen molar-refractivity contribution in [1.29, 1.82) is 0 Å². The zero-order valence-corrected chi connectivity index (χ0v) is 36.8. The molecule has 3 nitrogen and oxygen atoms in total. The van der Waals surface area contributed by atoms with Crippen LogP contribution in [0.25, 0.3) is 54.9 Å². The van der Waals surface area contributed by atoms with Crippen LogP contribution in [0.3, 0.4) is 0 Å². The van der Waals surface area contributed by atoms with Crippen LogP contribution in [-0.4, -0.2) is 18.1 Å². The van der Waals surface area contributed by atoms with Gasteiger partial charge < -0.3 is 10.5 Å². The van der Waals surface area contributed by atoms with Gasteiger partial charge in [0.1, 0.15) is 5.54 Å². The van der Waals surface area contributed by atoms with Gasteiger partial charge in [-0.25, -0.2) is 0 Å². The number of hydrogen-bond donors (Lipinski definition) is 1. The molecule has 7 rings (SSSR count). The Morgan fingerprint density at radius 2 is 0.877 bits per heavy atom. The minimum atomic E-state index is -1.33. The van der Waals surface area contributed by atoms with E-state index in [2.05, 4.69) is 180 Å². The molecule has 0 fully saturated rings. The molecule has 0 spiro atoms. The number of hydrogen-bond acceptors (Lipinski definition) is 3. The predicted octanol–water partition coefficient (Wildman–Crippen LogP) is 13.5. The van der Waals surface area contributed by atoms with E-state index in [4.69, 9.17) is 10.5 Å². The average Bonchev–Trinajstić information content (AvgIpc) is 3.27. The van der Waals surface area contributed by atoms with Crippen LogP contribution in [-0.2, 0) is 44.0 Å². The first-order valence-electron chi connectivity index (χ1n) is 20.9. The lowest BCUT2D eigenvalue weighted by molar-refractivity contribution is -0.149. The Kier molecular flexibility index (Phi) is 9.92. The summed E-state index contributed by atoms with van der Waals surface area (Å²) >= 11 is 0. The van der Waals surface area contributed by atoms with Crippen molar-refractivity contribution in [2.24, 2.45) is 5.73 Å². The molecule has 0 aromatic heterocycles. The van der Waals surface area contributed by atoms with E-state index in [1.54, 1.807) is 0 Å². The van der Waals surface area contributed by atoms with Gasteiger partial charge in [0, 0.05) is 12.8 Å². The summed E-state index contributed by atoms with van der Waals surface area (Å²) in [6.45, 7) is 29.6. The molecular weight excluding hydrogens is 695 g/mol. The van der Waals surface area contributed by atoms with Gasteiger partial charge in [0.15, 0.2) is 0 Å². The van der Waals surface area contributed by atoms with E-state index < -0.39 is 5.54 Å². The molecule has 0 heterocycles. The zero-order valence-electron chi connectivity index (χ0n) is 36.8. The number of rotatable bonds is 4. The van der Waals surface area contributed by atoms with Crippen molar-refractivity contribution in [3.63, 3.8) is 0 Å². The number of fused-ring (bicyclic) bond motifs is 7. The largest absolute Gasteiger partial charge is 0.465 e. The fourth-order valence-corrected chi connectivity index (χ4v) is 8.65. The van der Waals surface area contributed by atoms with Crippen molar-refractivity contribution < 1.29 is 9.53 Å². The van der Waals surface area contributed by atoms with Crippen molar-refractivity contribution in [1.82, 2.24) is 0 Å². The molecule has 3 heteroatoms. The molecule has 0 radical (unpaired) electrons. The molecule has 0 saturated heterocycles. The first kappa shape index (κ1) is 40.5. The van der Waals surface area contributed by atoms with Gasteiger partial charge in [0.05, 0.1) is 6.61 Å². The van der Waals surface area contributed by atoms with Crippen LogP contribution in [0.15, 0.2) is 97.1 Å². The summed E-state index contributed by atoms with van der Waals surface area (Å²) in [4.78, 5) is 14.5. The van der Waals surface area contributed by atoms with Gasteiger partial charge in [-0.3, -0.25) is 4.79 Å². The number of carbonyl (C=O) groups is 1. The average molecular weight is 758 g/mol. The summed E-state index contributed by atoms with van der Waals surface area (Å²) in [6.07, 6.45) is 0.674. The number of carbonyl (C=O) groups excluding carboxylic acids is 1. The van der Waals surface area contributed by atoms with E-state index in [1.165, 1.54) is 22.3 Å². The van der Waals surface area contributed by atoms with Crippen molar-refractivity contribution in [2.75, 3.05) is 6.61 Å². The number of ether oxygens (including phenoxy) is 1. The molecule has 6 aromatic carbocycles. The molecule has 2 N–H and O–H groups in total. The monoisotopic (exact) mass is 757 g/mol. The first-order chi connectivity index (χ1) is 26.5. The Morgan fingerprint density at radius 1 is 0.544 bits per heavy atom. The standard InChI is InChI=1S/C54H63NO2/c1-14-57-49(56)54(55)31-45-43(35-23-37(50(2,3)4)29-38(24-35)51(5,6)7)27-33-19-15-17-21-41(33)47(45)48-42-22-18-16-20-34(42)28-44(46(48)32-54)36-25-39(52(8,9)10)30-40(26-36)53(11,12)13/h15-30H,14,31-32,55H2,1-13H3. The van der Waals surface area contributed by atoms with Gasteiger partial charge in [0.2, 0.25) is 0 Å². The third-order valence-electron chi connectivity index (χ3n) is 12.2. The molecule has 0 aliphatic heterocycles. The van der Waals surface area contributed by atoms with Crippen molar-refractivity contribution >= 4 is 27.5 Å². The zero-order chi connectivity index (χ0) is 41.5. The topological polar surface area (TPSA) is 52.3 Å². The molecule has 0 atom stereocenters. The highest BCUT2D eigenvalue weighted by Crippen LogP contribution is 2.51. The maximum atomic E-state index is 14.5. The molecule has 0 bridgehead atoms. The second-order valence-corrected chi connectivity index (χ2v) is 20.8. The van der Waals surface area contributed by atoms with Crippen LogP contribution in [0.5, 0.6) is 0 Å². The summed E-state index contributed by atoms with van der Waals surface area (Å²) in [5.41, 5.74) is 20.2. The normalized spacial score (nSPS) is 14.6. The summed E-state index contributed by atoms with van der Waals surface area (Å²) < 4.78 is 5.93. The summed E-state index contributed by atoms with van der Waals surface area (Å²) in [7, 11) is 0. The molecule has 0 amide bonds. The summed E-state index contributed by atoms with van der Waals surface area (Å²) in [6, 6.07) is 36.4. The molecule has 0 unspecified atom stereocenters. The highest BCUT2D eigenvalue weighted by atomic mass is 16.5. The van der Waals surface area contributed by atoms with E-state index in [1.807, 2.05) is 6.92 Å². The van der Waals surface area contributed by atoms with Gasteiger partial charge in [-0.05, 0) is 129 Å². The SMILES string of the molecule is CCOC(=O)C1(N)Cc2c(-c3cc(C(C)(C)C)cc(C(C)(C)C)c3)cc3ccccc3c2-c2c(c(-c3cc(C(C)(C)C)cc(C(C)(C)C)c3)cc3ccccc23)C1. The van der Waals surface area contributed by atoms with Crippen LogP contribution in [0, 0.1) is 0 Å². The van der Waals surface area contributed by atoms with Crippen molar-refractivity contribution in [3.8, 4) is 33.4 Å². The Bertz CT molecular complexity index is 2310. The Morgan fingerprint density at radius 3 is 1.19 bits per heavy atom. The molecule has 57 heavy (non-hydrogen) atoms. The van der Waals surface area contributed by atoms with Crippen LogP contribution >= 0.6 is 0 Å². The van der Waals surface area contributed by atoms with E-state index >= 15 is 0 Å². The van der Waals surface area contributed by atoms with E-state index in [0.29, 0.717) is 12.8 Å².